The molecule has 0 amide bonds. The second-order valence-electron chi connectivity index (χ2n) is 3.65. The molecule has 0 aromatic heterocycles. The van der Waals surface area contributed by atoms with Crippen molar-refractivity contribution in [1.82, 2.24) is 0 Å². The predicted molar refractivity (Wildman–Crippen MR) is 44.7 cm³/mol. The Bertz CT molecular complexity index is 179. The van der Waals surface area contributed by atoms with Gasteiger partial charge in [-0.25, -0.2) is 0 Å². The van der Waals surface area contributed by atoms with Gasteiger partial charge in [0.25, 0.3) is 0 Å². The Morgan fingerprint density at radius 2 is 2.25 bits per heavy atom. The lowest BCUT2D eigenvalue weighted by atomic mass is 9.74. The van der Waals surface area contributed by atoms with E-state index < -0.39 is 18.0 Å². The second-order valence-corrected chi connectivity index (χ2v) is 3.65. The topological polar surface area (TPSA) is 57.5 Å². The van der Waals surface area contributed by atoms with Crippen LogP contribution in [-0.4, -0.2) is 28.2 Å². The molecule has 2 N–H and O–H groups in total. The second kappa shape index (κ2) is 3.54. The highest BCUT2D eigenvalue weighted by Crippen LogP contribution is 2.33. The molecular formula is C9H16O3. The van der Waals surface area contributed by atoms with Gasteiger partial charge >= 0.3 is 0 Å². The van der Waals surface area contributed by atoms with Gasteiger partial charge in [-0.2, -0.15) is 0 Å². The Balaban J connectivity index is 2.72. The molecule has 0 spiro atoms. The van der Waals surface area contributed by atoms with Crippen LogP contribution in [0.15, 0.2) is 0 Å². The zero-order valence-corrected chi connectivity index (χ0v) is 7.42. The van der Waals surface area contributed by atoms with E-state index in [9.17, 15) is 9.90 Å². The van der Waals surface area contributed by atoms with E-state index in [1.54, 1.807) is 0 Å². The number of aliphatic hydroxyl groups is 2. The third-order valence-corrected chi connectivity index (χ3v) is 2.89. The molecule has 0 aliphatic heterocycles. The number of carbonyl (C=O) groups excluding carboxylic acids is 1. The van der Waals surface area contributed by atoms with Crippen LogP contribution in [0.1, 0.15) is 32.6 Å². The maximum atomic E-state index is 11.2. The van der Waals surface area contributed by atoms with Crippen LogP contribution in [0.5, 0.6) is 0 Å². The summed E-state index contributed by atoms with van der Waals surface area (Å²) in [5.41, 5.74) is -1.24. The fourth-order valence-corrected chi connectivity index (χ4v) is 1.88. The molecule has 0 unspecified atom stereocenters. The first-order valence-corrected chi connectivity index (χ1v) is 4.48. The Labute approximate surface area is 72.4 Å². The van der Waals surface area contributed by atoms with Gasteiger partial charge in [0.2, 0.25) is 0 Å². The van der Waals surface area contributed by atoms with Gasteiger partial charge in [0.1, 0.15) is 12.2 Å². The van der Waals surface area contributed by atoms with Crippen molar-refractivity contribution in [3.63, 3.8) is 0 Å². The van der Waals surface area contributed by atoms with E-state index in [0.29, 0.717) is 6.42 Å². The van der Waals surface area contributed by atoms with Crippen LogP contribution in [0, 0.1) is 5.92 Å². The molecule has 1 saturated carbocycles. The van der Waals surface area contributed by atoms with Crippen molar-refractivity contribution in [2.75, 3.05) is 6.61 Å². The van der Waals surface area contributed by atoms with Crippen molar-refractivity contribution in [1.29, 1.82) is 0 Å². The van der Waals surface area contributed by atoms with Gasteiger partial charge in [-0.1, -0.05) is 19.8 Å². The number of rotatable bonds is 2. The molecule has 0 aromatic carbocycles. The van der Waals surface area contributed by atoms with Crippen molar-refractivity contribution in [2.24, 2.45) is 5.92 Å². The number of Topliss-reactive ketones (excluding diaryl/α,β-unsaturated/α-hetero) is 1. The van der Waals surface area contributed by atoms with Gasteiger partial charge < -0.3 is 10.2 Å². The van der Waals surface area contributed by atoms with Crippen LogP contribution in [0.3, 0.4) is 0 Å². The molecule has 12 heavy (non-hydrogen) atoms. The minimum Gasteiger partial charge on any atom is -0.388 e. The molecule has 3 nitrogen and oxygen atoms in total. The van der Waals surface area contributed by atoms with Gasteiger partial charge in [-0.3, -0.25) is 4.79 Å². The fourth-order valence-electron chi connectivity index (χ4n) is 1.88. The lowest BCUT2D eigenvalue weighted by Gasteiger charge is -2.36. The largest absolute Gasteiger partial charge is 0.388 e. The highest BCUT2D eigenvalue weighted by molar-refractivity contribution is 5.88. The summed E-state index contributed by atoms with van der Waals surface area (Å²) in [7, 11) is 0. The van der Waals surface area contributed by atoms with Gasteiger partial charge in [-0.05, 0) is 18.8 Å². The summed E-state index contributed by atoms with van der Waals surface area (Å²) in [5, 5.41) is 18.6. The van der Waals surface area contributed by atoms with Crippen LogP contribution in [0.25, 0.3) is 0 Å². The number of carbonyl (C=O) groups is 1. The Kier molecular flexibility index (Phi) is 2.85. The number of ketones is 1. The molecule has 0 radical (unpaired) electrons. The predicted octanol–water partition coefficient (Wildman–Crippen LogP) is 0.489. The summed E-state index contributed by atoms with van der Waals surface area (Å²) in [6.45, 7) is 1.33. The van der Waals surface area contributed by atoms with E-state index in [1.807, 2.05) is 6.92 Å². The standard InChI is InChI=1S/C9H16O3/c1-7-4-2-3-5-9(7,12)8(11)6-10/h7,10,12H,2-6H2,1H3/t7-,9-/m1/s1. The van der Waals surface area contributed by atoms with Gasteiger partial charge in [0.15, 0.2) is 5.78 Å². The summed E-state index contributed by atoms with van der Waals surface area (Å²) < 4.78 is 0. The Morgan fingerprint density at radius 3 is 2.75 bits per heavy atom. The van der Waals surface area contributed by atoms with E-state index in [4.69, 9.17) is 5.11 Å². The third-order valence-electron chi connectivity index (χ3n) is 2.89. The molecule has 0 heterocycles. The first-order valence-electron chi connectivity index (χ1n) is 4.48. The van der Waals surface area contributed by atoms with Crippen molar-refractivity contribution >= 4 is 5.78 Å². The average Bonchev–Trinajstić information content (AvgIpc) is 2.09. The average molecular weight is 172 g/mol. The molecule has 1 aliphatic rings. The molecule has 1 rings (SSSR count). The normalized spacial score (nSPS) is 36.4. The van der Waals surface area contributed by atoms with E-state index in [0.717, 1.165) is 19.3 Å². The summed E-state index contributed by atoms with van der Waals surface area (Å²) in [6, 6.07) is 0. The third kappa shape index (κ3) is 1.52. The molecule has 0 bridgehead atoms. The van der Waals surface area contributed by atoms with Crippen molar-refractivity contribution in [3.05, 3.63) is 0 Å². The highest BCUT2D eigenvalue weighted by atomic mass is 16.3. The van der Waals surface area contributed by atoms with Gasteiger partial charge in [-0.15, -0.1) is 0 Å². The Hall–Kier alpha value is -0.410. The van der Waals surface area contributed by atoms with E-state index in [-0.39, 0.29) is 5.92 Å². The first kappa shape index (κ1) is 9.68. The molecule has 1 fully saturated rings. The molecule has 1 aliphatic carbocycles. The summed E-state index contributed by atoms with van der Waals surface area (Å²) in [6.07, 6.45) is 3.34. The zero-order valence-electron chi connectivity index (χ0n) is 7.42. The van der Waals surface area contributed by atoms with Crippen molar-refractivity contribution < 1.29 is 15.0 Å². The molecule has 70 valence electrons. The van der Waals surface area contributed by atoms with E-state index in [2.05, 4.69) is 0 Å². The molecular weight excluding hydrogens is 156 g/mol. The molecule has 0 aromatic rings. The van der Waals surface area contributed by atoms with Crippen LogP contribution in [-0.2, 0) is 4.79 Å². The molecule has 0 saturated heterocycles. The number of hydrogen-bond donors (Lipinski definition) is 2. The van der Waals surface area contributed by atoms with Crippen molar-refractivity contribution in [3.8, 4) is 0 Å². The summed E-state index contributed by atoms with van der Waals surface area (Å²) >= 11 is 0. The summed E-state index contributed by atoms with van der Waals surface area (Å²) in [5.74, 6) is -0.430. The maximum Gasteiger partial charge on any atom is 0.189 e. The van der Waals surface area contributed by atoms with Crippen LogP contribution in [0.4, 0.5) is 0 Å². The van der Waals surface area contributed by atoms with Crippen molar-refractivity contribution in [2.45, 2.75) is 38.2 Å². The van der Waals surface area contributed by atoms with E-state index >= 15 is 0 Å². The number of hydrogen-bond acceptors (Lipinski definition) is 3. The monoisotopic (exact) mass is 172 g/mol. The summed E-state index contributed by atoms with van der Waals surface area (Å²) in [4.78, 5) is 11.2. The zero-order chi connectivity index (χ0) is 9.19. The molecule has 2 atom stereocenters. The first-order chi connectivity index (χ1) is 5.61. The van der Waals surface area contributed by atoms with Crippen LogP contribution < -0.4 is 0 Å². The van der Waals surface area contributed by atoms with E-state index in [1.165, 1.54) is 0 Å². The number of aliphatic hydroxyl groups excluding tert-OH is 1. The Morgan fingerprint density at radius 1 is 1.58 bits per heavy atom. The van der Waals surface area contributed by atoms with Crippen LogP contribution in [0.2, 0.25) is 0 Å². The quantitative estimate of drug-likeness (QED) is 0.637. The van der Waals surface area contributed by atoms with Crippen LogP contribution >= 0.6 is 0 Å². The fraction of sp³-hybridized carbons (Fsp3) is 0.889. The smallest absolute Gasteiger partial charge is 0.189 e. The lowest BCUT2D eigenvalue weighted by Crippen LogP contribution is -2.48. The maximum absolute atomic E-state index is 11.2. The SMILES string of the molecule is C[C@@H]1CCCC[C@]1(O)C(=O)CO. The minimum atomic E-state index is -1.24. The van der Waals surface area contributed by atoms with Gasteiger partial charge in [0.05, 0.1) is 0 Å². The minimum absolute atomic E-state index is 0.00843. The molecule has 3 heteroatoms. The lowest BCUT2D eigenvalue weighted by molar-refractivity contribution is -0.149. The highest BCUT2D eigenvalue weighted by Gasteiger charge is 2.41. The van der Waals surface area contributed by atoms with Gasteiger partial charge in [0, 0.05) is 0 Å².